The van der Waals surface area contributed by atoms with Gasteiger partial charge in [0.05, 0.1) is 37.6 Å². The molecule has 1 aliphatic heterocycles. The van der Waals surface area contributed by atoms with Crippen LogP contribution < -0.4 is 4.90 Å². The van der Waals surface area contributed by atoms with E-state index in [9.17, 15) is 4.79 Å². The molecule has 0 atom stereocenters. The summed E-state index contributed by atoms with van der Waals surface area (Å²) in [6, 6.07) is 13.7. The zero-order valence-electron chi connectivity index (χ0n) is 16.4. The van der Waals surface area contributed by atoms with E-state index in [1.165, 1.54) is 4.90 Å². The van der Waals surface area contributed by atoms with E-state index in [1.807, 2.05) is 58.6 Å². The van der Waals surface area contributed by atoms with Crippen molar-refractivity contribution in [1.29, 1.82) is 0 Å². The fourth-order valence-electron chi connectivity index (χ4n) is 3.78. The zero-order valence-corrected chi connectivity index (χ0v) is 17.2. The Kier molecular flexibility index (Phi) is 5.92. The van der Waals surface area contributed by atoms with Gasteiger partial charge >= 0.3 is 5.97 Å². The lowest BCUT2D eigenvalue weighted by Crippen LogP contribution is -3.12. The summed E-state index contributed by atoms with van der Waals surface area (Å²) in [6.45, 7) is 4.72. The van der Waals surface area contributed by atoms with Crippen molar-refractivity contribution in [3.63, 3.8) is 0 Å². The summed E-state index contributed by atoms with van der Waals surface area (Å²) in [7, 11) is 0. The van der Waals surface area contributed by atoms with Gasteiger partial charge in [-0.15, -0.1) is 5.10 Å². The molecular formula is C21H25N4O3S+. The minimum atomic E-state index is -0.0726. The number of ether oxygens (including phenoxy) is 1. The Bertz CT molecular complexity index is 1000. The molecule has 0 unspecified atom stereocenters. The molecule has 0 spiro atoms. The number of hydrogen-bond donors (Lipinski definition) is 1. The molecule has 7 nitrogen and oxygen atoms in total. The van der Waals surface area contributed by atoms with Gasteiger partial charge in [0.2, 0.25) is 10.6 Å². The van der Waals surface area contributed by atoms with Crippen molar-refractivity contribution in [3.8, 4) is 17.3 Å². The molecule has 29 heavy (non-hydrogen) atoms. The lowest BCUT2D eigenvalue weighted by atomic mass is 9.97. The second kappa shape index (κ2) is 8.75. The molecule has 3 heterocycles. The predicted molar refractivity (Wildman–Crippen MR) is 110 cm³/mol. The summed E-state index contributed by atoms with van der Waals surface area (Å²) in [5.74, 6) is 1.30. The van der Waals surface area contributed by atoms with Crippen molar-refractivity contribution in [2.45, 2.75) is 26.4 Å². The maximum atomic E-state index is 12.0. The molecule has 0 aliphatic carbocycles. The van der Waals surface area contributed by atoms with Gasteiger partial charge in [0, 0.05) is 12.8 Å². The van der Waals surface area contributed by atoms with E-state index < -0.39 is 0 Å². The number of quaternary nitrogens is 1. The third-order valence-corrected chi connectivity index (χ3v) is 5.67. The monoisotopic (exact) mass is 413 g/mol. The summed E-state index contributed by atoms with van der Waals surface area (Å²) in [4.78, 5) is 13.3. The van der Waals surface area contributed by atoms with Crippen LogP contribution in [0.1, 0.15) is 19.8 Å². The lowest BCUT2D eigenvalue weighted by Gasteiger charge is -2.27. The Labute approximate surface area is 174 Å². The average Bonchev–Trinajstić information content (AvgIpc) is 3.38. The molecule has 3 aromatic rings. The fraction of sp³-hybridized carbons (Fsp3) is 0.381. The first-order valence-corrected chi connectivity index (χ1v) is 10.4. The Morgan fingerprint density at radius 2 is 2.00 bits per heavy atom. The first-order valence-electron chi connectivity index (χ1n) is 9.96. The van der Waals surface area contributed by atoms with E-state index >= 15 is 0 Å². The number of nitrogens with one attached hydrogen (secondary N) is 1. The molecule has 152 valence electrons. The highest BCUT2D eigenvalue weighted by Gasteiger charge is 2.29. The van der Waals surface area contributed by atoms with Gasteiger partial charge in [0.15, 0.2) is 12.4 Å². The van der Waals surface area contributed by atoms with E-state index in [0.29, 0.717) is 29.6 Å². The second-order valence-electron chi connectivity index (χ2n) is 7.19. The van der Waals surface area contributed by atoms with Crippen LogP contribution in [0, 0.1) is 10.7 Å². The summed E-state index contributed by atoms with van der Waals surface area (Å²) < 4.78 is 15.2. The van der Waals surface area contributed by atoms with Crippen molar-refractivity contribution >= 4 is 18.2 Å². The highest BCUT2D eigenvalue weighted by atomic mass is 32.1. The summed E-state index contributed by atoms with van der Waals surface area (Å²) >= 11 is 5.77. The molecule has 0 saturated carbocycles. The van der Waals surface area contributed by atoms with Gasteiger partial charge in [-0.2, -0.15) is 4.68 Å². The normalized spacial score (nSPS) is 19.2. The Morgan fingerprint density at radius 1 is 1.24 bits per heavy atom. The molecule has 1 fully saturated rings. The van der Waals surface area contributed by atoms with Crippen molar-refractivity contribution in [3.05, 3.63) is 53.5 Å². The molecule has 1 saturated heterocycles. The summed E-state index contributed by atoms with van der Waals surface area (Å²) in [6.07, 6.45) is 3.29. The number of esters is 1. The Balaban J connectivity index is 1.56. The maximum Gasteiger partial charge on any atom is 0.309 e. The van der Waals surface area contributed by atoms with Crippen LogP contribution in [0.3, 0.4) is 0 Å². The van der Waals surface area contributed by atoms with Crippen LogP contribution in [0.15, 0.2) is 53.1 Å². The molecule has 1 N–H and O–H groups in total. The minimum absolute atomic E-state index is 0.00669. The number of carbonyl (C=O) groups excluding carboxylic acids is 1. The highest BCUT2D eigenvalue weighted by molar-refractivity contribution is 7.71. The standard InChI is InChI=1S/C21H24N4O3S/c1-2-27-20(26)16-10-12-23(13-11-16)15-24-21(29)25(17-7-4-3-5-8-17)19(22-24)18-9-6-14-28-18/h3-9,14,16H,2,10-13,15H2,1H3/p+1. The number of hydrogen-bond acceptors (Lipinski definition) is 5. The minimum Gasteiger partial charge on any atom is -0.466 e. The van der Waals surface area contributed by atoms with Gasteiger partial charge in [-0.1, -0.05) is 18.2 Å². The number of rotatable bonds is 6. The van der Waals surface area contributed by atoms with Crippen LogP contribution in [-0.2, 0) is 16.2 Å². The molecule has 0 bridgehead atoms. The predicted octanol–water partition coefficient (Wildman–Crippen LogP) is 2.48. The van der Waals surface area contributed by atoms with E-state index in [-0.39, 0.29) is 11.9 Å². The number of carbonyl (C=O) groups is 1. The third-order valence-electron chi connectivity index (χ3n) is 5.28. The largest absolute Gasteiger partial charge is 0.466 e. The van der Waals surface area contributed by atoms with E-state index in [2.05, 4.69) is 0 Å². The van der Waals surface area contributed by atoms with Crippen LogP contribution in [0.5, 0.6) is 0 Å². The Hall–Kier alpha value is -2.71. The van der Waals surface area contributed by atoms with Gasteiger partial charge in [-0.25, -0.2) is 0 Å². The van der Waals surface area contributed by atoms with E-state index in [0.717, 1.165) is 31.6 Å². The van der Waals surface area contributed by atoms with Crippen molar-refractivity contribution in [1.82, 2.24) is 14.3 Å². The number of likely N-dealkylation sites (tertiary alicyclic amines) is 1. The molecule has 0 radical (unpaired) electrons. The first kappa shape index (κ1) is 19.6. The quantitative estimate of drug-likeness (QED) is 0.497. The van der Waals surface area contributed by atoms with Gasteiger partial charge in [0.1, 0.15) is 0 Å². The highest BCUT2D eigenvalue weighted by Crippen LogP contribution is 2.22. The second-order valence-corrected chi connectivity index (χ2v) is 7.55. The fourth-order valence-corrected chi connectivity index (χ4v) is 4.07. The average molecular weight is 414 g/mol. The van der Waals surface area contributed by atoms with Crippen LogP contribution >= 0.6 is 12.2 Å². The lowest BCUT2D eigenvalue weighted by molar-refractivity contribution is -0.929. The number of benzene rings is 1. The molecular weight excluding hydrogens is 388 g/mol. The first-order chi connectivity index (χ1) is 14.2. The summed E-state index contributed by atoms with van der Waals surface area (Å²) in [5.41, 5.74) is 0.950. The van der Waals surface area contributed by atoms with E-state index in [1.54, 1.807) is 6.26 Å². The van der Waals surface area contributed by atoms with Gasteiger partial charge in [0.25, 0.3) is 0 Å². The number of piperidine rings is 1. The zero-order chi connectivity index (χ0) is 20.2. The SMILES string of the molecule is CCOC(=O)C1CC[NH+](Cn2nc(-c3ccco3)n(-c3ccccc3)c2=S)CC1. The maximum absolute atomic E-state index is 12.0. The van der Waals surface area contributed by atoms with Crippen LogP contribution in [0.25, 0.3) is 17.3 Å². The van der Waals surface area contributed by atoms with Gasteiger partial charge < -0.3 is 14.1 Å². The van der Waals surface area contributed by atoms with Crippen molar-refractivity contribution in [2.75, 3.05) is 19.7 Å². The van der Waals surface area contributed by atoms with Crippen LogP contribution in [0.2, 0.25) is 0 Å². The molecule has 4 rings (SSSR count). The smallest absolute Gasteiger partial charge is 0.309 e. The third kappa shape index (κ3) is 4.18. The van der Waals surface area contributed by atoms with Gasteiger partial charge in [-0.05, 0) is 43.4 Å². The number of aromatic nitrogens is 3. The van der Waals surface area contributed by atoms with Crippen molar-refractivity contribution < 1.29 is 18.8 Å². The van der Waals surface area contributed by atoms with Crippen LogP contribution in [-0.4, -0.2) is 40.0 Å². The molecule has 8 heteroatoms. The Morgan fingerprint density at radius 3 is 2.66 bits per heavy atom. The molecule has 0 amide bonds. The topological polar surface area (TPSA) is 66.6 Å². The van der Waals surface area contributed by atoms with E-state index in [4.69, 9.17) is 26.5 Å². The number of furan rings is 1. The molecule has 1 aliphatic rings. The molecule has 1 aromatic carbocycles. The number of nitrogens with zero attached hydrogens (tertiary/aromatic N) is 3. The van der Waals surface area contributed by atoms with Gasteiger partial charge in [-0.3, -0.25) is 9.36 Å². The summed E-state index contributed by atoms with van der Waals surface area (Å²) in [5, 5.41) is 4.78. The molecule has 2 aromatic heterocycles. The van der Waals surface area contributed by atoms with Crippen molar-refractivity contribution in [2.24, 2.45) is 5.92 Å². The van der Waals surface area contributed by atoms with Crippen LogP contribution in [0.4, 0.5) is 0 Å². The number of para-hydroxylation sites is 1.